The molecule has 1 aromatic carbocycles. The molecule has 1 unspecified atom stereocenters. The zero-order valence-electron chi connectivity index (χ0n) is 11.3. The molecule has 1 atom stereocenters. The molecule has 2 aromatic rings. The van der Waals surface area contributed by atoms with Crippen molar-refractivity contribution in [2.24, 2.45) is 7.05 Å². The van der Waals surface area contributed by atoms with Crippen molar-refractivity contribution in [2.75, 3.05) is 0 Å². The van der Waals surface area contributed by atoms with E-state index in [4.69, 9.17) is 5.11 Å². The van der Waals surface area contributed by atoms with Gasteiger partial charge in [0.15, 0.2) is 0 Å². The van der Waals surface area contributed by atoms with Gasteiger partial charge in [-0.05, 0) is 24.6 Å². The molecule has 20 heavy (non-hydrogen) atoms. The number of aryl methyl sites for hydroxylation is 1. The average molecular weight is 276 g/mol. The molecule has 0 fully saturated rings. The smallest absolute Gasteiger partial charge is 0.326 e. The van der Waals surface area contributed by atoms with Gasteiger partial charge in [0.2, 0.25) is 0 Å². The van der Waals surface area contributed by atoms with Crippen LogP contribution in [0.3, 0.4) is 0 Å². The number of amides is 1. The molecule has 1 amide bonds. The quantitative estimate of drug-likeness (QED) is 0.847. The van der Waals surface area contributed by atoms with Crippen molar-refractivity contribution in [1.29, 1.82) is 0 Å². The summed E-state index contributed by atoms with van der Waals surface area (Å²) in [7, 11) is 1.76. The Labute approximate surface area is 115 Å². The number of nitrogens with one attached hydrogen (secondary N) is 1. The molecule has 1 heterocycles. The van der Waals surface area contributed by atoms with Crippen LogP contribution in [0.25, 0.3) is 11.0 Å². The summed E-state index contributed by atoms with van der Waals surface area (Å²) in [6.07, 6.45) is 1.08. The molecule has 2 rings (SSSR count). The second kappa shape index (κ2) is 5.68. The third-order valence-electron chi connectivity index (χ3n) is 3.05. The Morgan fingerprint density at radius 1 is 1.45 bits per heavy atom. The first kappa shape index (κ1) is 14.0. The number of carboxylic acids is 1. The van der Waals surface area contributed by atoms with Gasteiger partial charge in [0.1, 0.15) is 11.6 Å². The van der Waals surface area contributed by atoms with Crippen LogP contribution in [-0.4, -0.2) is 38.0 Å². The average Bonchev–Trinajstić information content (AvgIpc) is 2.79. The van der Waals surface area contributed by atoms with Crippen molar-refractivity contribution in [3.05, 3.63) is 23.8 Å². The summed E-state index contributed by atoms with van der Waals surface area (Å²) >= 11 is 0. The number of rotatable bonds is 5. The number of benzene rings is 1. The van der Waals surface area contributed by atoms with E-state index in [9.17, 15) is 9.59 Å². The fourth-order valence-electron chi connectivity index (χ4n) is 1.97. The van der Waals surface area contributed by atoms with Crippen molar-refractivity contribution in [2.45, 2.75) is 25.8 Å². The zero-order chi connectivity index (χ0) is 14.7. The van der Waals surface area contributed by atoms with Crippen LogP contribution in [0.4, 0.5) is 0 Å². The van der Waals surface area contributed by atoms with E-state index in [0.717, 1.165) is 5.52 Å². The first-order valence-electron chi connectivity index (χ1n) is 6.36. The second-order valence-corrected chi connectivity index (χ2v) is 4.57. The molecule has 2 N–H and O–H groups in total. The van der Waals surface area contributed by atoms with E-state index in [-0.39, 0.29) is 0 Å². The predicted octanol–water partition coefficient (Wildman–Crippen LogP) is 0.951. The topological polar surface area (TPSA) is 97.1 Å². The highest BCUT2D eigenvalue weighted by molar-refractivity contribution is 5.99. The molecular formula is C13H16N4O3. The van der Waals surface area contributed by atoms with Gasteiger partial charge in [0.25, 0.3) is 5.91 Å². The van der Waals surface area contributed by atoms with Gasteiger partial charge in [-0.15, -0.1) is 5.10 Å². The lowest BCUT2D eigenvalue weighted by Gasteiger charge is -2.13. The Kier molecular flexibility index (Phi) is 3.97. The number of aliphatic carboxylic acids is 1. The maximum atomic E-state index is 12.1. The lowest BCUT2D eigenvalue weighted by molar-refractivity contribution is -0.139. The fourth-order valence-corrected chi connectivity index (χ4v) is 1.97. The molecule has 0 aliphatic carbocycles. The second-order valence-electron chi connectivity index (χ2n) is 4.57. The van der Waals surface area contributed by atoms with E-state index in [1.807, 2.05) is 6.92 Å². The molecule has 0 aliphatic heterocycles. The number of carbonyl (C=O) groups is 2. The van der Waals surface area contributed by atoms with Crippen LogP contribution in [-0.2, 0) is 11.8 Å². The molecule has 0 saturated heterocycles. The van der Waals surface area contributed by atoms with Gasteiger partial charge in [-0.25, -0.2) is 9.48 Å². The van der Waals surface area contributed by atoms with Crippen molar-refractivity contribution in [3.63, 3.8) is 0 Å². The first-order valence-corrected chi connectivity index (χ1v) is 6.36. The minimum atomic E-state index is -1.03. The van der Waals surface area contributed by atoms with Gasteiger partial charge < -0.3 is 10.4 Å². The highest BCUT2D eigenvalue weighted by Crippen LogP contribution is 2.12. The summed E-state index contributed by atoms with van der Waals surface area (Å²) in [4.78, 5) is 23.1. The summed E-state index contributed by atoms with van der Waals surface area (Å²) in [5.41, 5.74) is 1.78. The van der Waals surface area contributed by atoms with Crippen LogP contribution in [0.15, 0.2) is 18.2 Å². The van der Waals surface area contributed by atoms with E-state index in [1.165, 1.54) is 0 Å². The highest BCUT2D eigenvalue weighted by atomic mass is 16.4. The number of aromatic nitrogens is 3. The Morgan fingerprint density at radius 3 is 2.85 bits per heavy atom. The number of hydrogen-bond acceptors (Lipinski definition) is 4. The maximum absolute atomic E-state index is 12.1. The standard InChI is InChI=1S/C13H16N4O3/c1-3-4-9(13(19)20)14-12(18)8-5-6-11-10(7-8)15-16-17(11)2/h5-7,9H,3-4H2,1-2H3,(H,14,18)(H,19,20). The Bertz CT molecular complexity index is 650. The van der Waals surface area contributed by atoms with Crippen LogP contribution in [0.1, 0.15) is 30.1 Å². The minimum Gasteiger partial charge on any atom is -0.480 e. The van der Waals surface area contributed by atoms with E-state index in [0.29, 0.717) is 23.9 Å². The summed E-state index contributed by atoms with van der Waals surface area (Å²) in [6, 6.07) is 4.10. The monoisotopic (exact) mass is 276 g/mol. The van der Waals surface area contributed by atoms with Gasteiger partial charge in [0.05, 0.1) is 5.52 Å². The Morgan fingerprint density at radius 2 is 2.20 bits per heavy atom. The molecule has 7 heteroatoms. The fraction of sp³-hybridized carbons (Fsp3) is 0.385. The zero-order valence-corrected chi connectivity index (χ0v) is 11.3. The van der Waals surface area contributed by atoms with Crippen LogP contribution < -0.4 is 5.32 Å². The Hall–Kier alpha value is -2.44. The van der Waals surface area contributed by atoms with Crippen molar-refractivity contribution < 1.29 is 14.7 Å². The number of nitrogens with zero attached hydrogens (tertiary/aromatic N) is 3. The van der Waals surface area contributed by atoms with Crippen molar-refractivity contribution in [3.8, 4) is 0 Å². The van der Waals surface area contributed by atoms with Gasteiger partial charge in [-0.3, -0.25) is 4.79 Å². The van der Waals surface area contributed by atoms with Gasteiger partial charge in [-0.2, -0.15) is 0 Å². The van der Waals surface area contributed by atoms with Crippen LogP contribution in [0.5, 0.6) is 0 Å². The molecule has 0 spiro atoms. The summed E-state index contributed by atoms with van der Waals surface area (Å²) < 4.78 is 1.61. The normalized spacial score (nSPS) is 12.3. The van der Waals surface area contributed by atoms with Gasteiger partial charge in [0, 0.05) is 12.6 Å². The molecule has 106 valence electrons. The summed E-state index contributed by atoms with van der Waals surface area (Å²) in [6.45, 7) is 1.87. The van der Waals surface area contributed by atoms with Crippen LogP contribution in [0.2, 0.25) is 0 Å². The number of carbonyl (C=O) groups excluding carboxylic acids is 1. The number of carboxylic acid groups (broad SMARTS) is 1. The molecule has 0 saturated carbocycles. The summed E-state index contributed by atoms with van der Waals surface area (Å²) in [5.74, 6) is -1.45. The number of hydrogen-bond donors (Lipinski definition) is 2. The molecule has 0 radical (unpaired) electrons. The van der Waals surface area contributed by atoms with Crippen LogP contribution in [0, 0.1) is 0 Å². The lowest BCUT2D eigenvalue weighted by atomic mass is 10.1. The van der Waals surface area contributed by atoms with E-state index < -0.39 is 17.9 Å². The predicted molar refractivity (Wildman–Crippen MR) is 72.3 cm³/mol. The van der Waals surface area contributed by atoms with E-state index >= 15 is 0 Å². The molecule has 0 aliphatic rings. The minimum absolute atomic E-state index is 0.375. The molecule has 0 bridgehead atoms. The Balaban J connectivity index is 2.20. The van der Waals surface area contributed by atoms with Crippen molar-refractivity contribution >= 4 is 22.9 Å². The molecular weight excluding hydrogens is 260 g/mol. The number of fused-ring (bicyclic) bond motifs is 1. The third-order valence-corrected chi connectivity index (χ3v) is 3.05. The first-order chi connectivity index (χ1) is 9.52. The third kappa shape index (κ3) is 2.76. The lowest BCUT2D eigenvalue weighted by Crippen LogP contribution is -2.40. The van der Waals surface area contributed by atoms with Gasteiger partial charge >= 0.3 is 5.97 Å². The SMILES string of the molecule is CCCC(NC(=O)c1ccc2c(c1)nnn2C)C(=O)O. The van der Waals surface area contributed by atoms with Crippen molar-refractivity contribution in [1.82, 2.24) is 20.3 Å². The largest absolute Gasteiger partial charge is 0.480 e. The molecule has 7 nitrogen and oxygen atoms in total. The summed E-state index contributed by atoms with van der Waals surface area (Å²) in [5, 5.41) is 19.3. The maximum Gasteiger partial charge on any atom is 0.326 e. The van der Waals surface area contributed by atoms with Crippen LogP contribution >= 0.6 is 0 Å². The highest BCUT2D eigenvalue weighted by Gasteiger charge is 2.20. The molecule has 1 aromatic heterocycles. The van der Waals surface area contributed by atoms with E-state index in [1.54, 1.807) is 29.9 Å². The van der Waals surface area contributed by atoms with Gasteiger partial charge in [-0.1, -0.05) is 18.6 Å². The van der Waals surface area contributed by atoms with E-state index in [2.05, 4.69) is 15.6 Å².